The molecule has 1 aliphatic heterocycles. The third-order valence-corrected chi connectivity index (χ3v) is 7.79. The largest absolute Gasteiger partial charge is 0.336 e. The Labute approximate surface area is 166 Å². The second-order valence-corrected chi connectivity index (χ2v) is 9.76. The molecule has 1 aromatic carbocycles. The fourth-order valence-electron chi connectivity index (χ4n) is 4.50. The highest BCUT2D eigenvalue weighted by atomic mass is 32.2. The third-order valence-electron chi connectivity index (χ3n) is 5.98. The van der Waals surface area contributed by atoms with E-state index in [2.05, 4.69) is 9.88 Å². The molecule has 152 valence electrons. The van der Waals surface area contributed by atoms with Crippen molar-refractivity contribution < 1.29 is 13.2 Å². The van der Waals surface area contributed by atoms with E-state index in [1.165, 1.54) is 36.0 Å². The first-order chi connectivity index (χ1) is 13.5. The van der Waals surface area contributed by atoms with Gasteiger partial charge < -0.3 is 4.90 Å². The lowest BCUT2D eigenvalue weighted by atomic mass is 10.1. The zero-order valence-electron chi connectivity index (χ0n) is 16.4. The minimum atomic E-state index is -3.46. The van der Waals surface area contributed by atoms with Gasteiger partial charge in [-0.1, -0.05) is 25.8 Å². The van der Waals surface area contributed by atoms with Crippen molar-refractivity contribution in [2.45, 2.75) is 45.1 Å². The van der Waals surface area contributed by atoms with Crippen molar-refractivity contribution in [1.82, 2.24) is 18.8 Å². The van der Waals surface area contributed by atoms with Gasteiger partial charge in [0.1, 0.15) is 11.8 Å². The van der Waals surface area contributed by atoms with Crippen LogP contribution in [0.2, 0.25) is 0 Å². The average Bonchev–Trinajstić information content (AvgIpc) is 3.37. The van der Waals surface area contributed by atoms with Gasteiger partial charge in [-0.25, -0.2) is 17.4 Å². The van der Waals surface area contributed by atoms with Crippen LogP contribution in [0.15, 0.2) is 24.5 Å². The maximum Gasteiger partial charge on any atom is 0.256 e. The number of nitrogens with zero attached hydrogens (tertiary/aromatic N) is 4. The highest BCUT2D eigenvalue weighted by Gasteiger charge is 2.29. The molecule has 1 saturated carbocycles. The molecule has 28 heavy (non-hydrogen) atoms. The van der Waals surface area contributed by atoms with Crippen LogP contribution < -0.4 is 0 Å². The second-order valence-electron chi connectivity index (χ2n) is 7.80. The minimum Gasteiger partial charge on any atom is -0.336 e. The number of fused-ring (bicyclic) bond motifs is 1. The van der Waals surface area contributed by atoms with Crippen LogP contribution in [0.3, 0.4) is 0 Å². The summed E-state index contributed by atoms with van der Waals surface area (Å²) >= 11 is 0. The molecule has 1 saturated heterocycles. The quantitative estimate of drug-likeness (QED) is 0.765. The van der Waals surface area contributed by atoms with Crippen molar-refractivity contribution >= 4 is 27.0 Å². The van der Waals surface area contributed by atoms with Gasteiger partial charge in [-0.2, -0.15) is 0 Å². The van der Waals surface area contributed by atoms with E-state index in [0.717, 1.165) is 13.1 Å². The summed E-state index contributed by atoms with van der Waals surface area (Å²) < 4.78 is 26.2. The standard InChI is InChI=1S/C20H28N4O3S/c1-2-14-28(26,27)24-15-21-19-17(8-5-9-18(19)24)20(25)23-12-10-22(11-13-23)16-6-3-4-7-16/h5,8-9,15-16H,2-4,6-7,10-14H2,1H3. The molecule has 2 fully saturated rings. The number of hydrogen-bond donors (Lipinski definition) is 0. The summed E-state index contributed by atoms with van der Waals surface area (Å²) in [6.07, 6.45) is 7.04. The number of para-hydroxylation sites is 1. The Bertz CT molecular complexity index is 955. The Balaban J connectivity index is 1.54. The lowest BCUT2D eigenvalue weighted by molar-refractivity contribution is 0.0575. The molecular formula is C20H28N4O3S. The summed E-state index contributed by atoms with van der Waals surface area (Å²) in [7, 11) is -3.46. The molecule has 0 bridgehead atoms. The Morgan fingerprint density at radius 2 is 1.86 bits per heavy atom. The fourth-order valence-corrected chi connectivity index (χ4v) is 5.85. The first-order valence-electron chi connectivity index (χ1n) is 10.2. The number of aromatic nitrogens is 2. The molecule has 2 aliphatic rings. The second kappa shape index (κ2) is 7.83. The first-order valence-corrected chi connectivity index (χ1v) is 11.8. The lowest BCUT2D eigenvalue weighted by Gasteiger charge is -2.38. The number of rotatable bonds is 5. The number of benzene rings is 1. The number of carbonyl (C=O) groups excluding carboxylic acids is 1. The van der Waals surface area contributed by atoms with Gasteiger partial charge in [-0.3, -0.25) is 9.69 Å². The van der Waals surface area contributed by atoms with E-state index in [4.69, 9.17) is 0 Å². The predicted molar refractivity (Wildman–Crippen MR) is 109 cm³/mol. The van der Waals surface area contributed by atoms with E-state index >= 15 is 0 Å². The molecule has 1 amide bonds. The number of carbonyl (C=O) groups is 1. The van der Waals surface area contributed by atoms with Crippen LogP contribution in [0.1, 0.15) is 49.4 Å². The third kappa shape index (κ3) is 3.55. The first kappa shape index (κ1) is 19.4. The van der Waals surface area contributed by atoms with Crippen molar-refractivity contribution in [2.24, 2.45) is 0 Å². The van der Waals surface area contributed by atoms with Crippen LogP contribution in [0.5, 0.6) is 0 Å². The van der Waals surface area contributed by atoms with E-state index in [-0.39, 0.29) is 11.7 Å². The van der Waals surface area contributed by atoms with E-state index in [9.17, 15) is 13.2 Å². The minimum absolute atomic E-state index is 0.0553. The van der Waals surface area contributed by atoms with E-state index in [1.807, 2.05) is 11.8 Å². The van der Waals surface area contributed by atoms with Crippen LogP contribution in [0, 0.1) is 0 Å². The highest BCUT2D eigenvalue weighted by Crippen LogP contribution is 2.25. The molecular weight excluding hydrogens is 376 g/mol. The van der Waals surface area contributed by atoms with Crippen molar-refractivity contribution in [3.63, 3.8) is 0 Å². The number of hydrogen-bond acceptors (Lipinski definition) is 5. The fraction of sp³-hybridized carbons (Fsp3) is 0.600. The molecule has 0 spiro atoms. The zero-order chi connectivity index (χ0) is 19.7. The van der Waals surface area contributed by atoms with Gasteiger partial charge in [0.05, 0.1) is 16.8 Å². The Morgan fingerprint density at radius 3 is 2.54 bits per heavy atom. The van der Waals surface area contributed by atoms with Gasteiger partial charge in [-0.15, -0.1) is 0 Å². The number of amides is 1. The normalized spacial score (nSPS) is 19.5. The average molecular weight is 405 g/mol. The highest BCUT2D eigenvalue weighted by molar-refractivity contribution is 7.90. The molecule has 8 heteroatoms. The molecule has 4 rings (SSSR count). The molecule has 0 radical (unpaired) electrons. The van der Waals surface area contributed by atoms with Crippen molar-refractivity contribution in [3.05, 3.63) is 30.1 Å². The van der Waals surface area contributed by atoms with Gasteiger partial charge in [0, 0.05) is 32.2 Å². The van der Waals surface area contributed by atoms with Crippen LogP contribution in [0.4, 0.5) is 0 Å². The Morgan fingerprint density at radius 1 is 1.14 bits per heavy atom. The molecule has 0 N–H and O–H groups in total. The Hall–Kier alpha value is -1.93. The molecule has 1 aliphatic carbocycles. The van der Waals surface area contributed by atoms with E-state index < -0.39 is 10.0 Å². The van der Waals surface area contributed by atoms with Crippen LogP contribution in [-0.2, 0) is 10.0 Å². The maximum absolute atomic E-state index is 13.1. The van der Waals surface area contributed by atoms with Crippen LogP contribution in [-0.4, -0.2) is 71.1 Å². The molecule has 7 nitrogen and oxygen atoms in total. The molecule has 0 unspecified atom stereocenters. The van der Waals surface area contributed by atoms with E-state index in [1.54, 1.807) is 18.2 Å². The molecule has 2 heterocycles. The van der Waals surface area contributed by atoms with Crippen LogP contribution in [0.25, 0.3) is 11.0 Å². The molecule has 2 aromatic rings. The van der Waals surface area contributed by atoms with E-state index in [0.29, 0.717) is 42.1 Å². The number of piperazine rings is 1. The summed E-state index contributed by atoms with van der Waals surface area (Å²) in [4.78, 5) is 21.8. The van der Waals surface area contributed by atoms with Gasteiger partial charge >= 0.3 is 0 Å². The topological polar surface area (TPSA) is 75.5 Å². The van der Waals surface area contributed by atoms with Crippen molar-refractivity contribution in [3.8, 4) is 0 Å². The SMILES string of the molecule is CCCS(=O)(=O)n1cnc2c(C(=O)N3CCN(C4CCCC4)CC3)cccc21. The van der Waals surface area contributed by atoms with Gasteiger partial charge in [-0.05, 0) is 31.4 Å². The summed E-state index contributed by atoms with van der Waals surface area (Å²) in [5.41, 5.74) is 1.42. The lowest BCUT2D eigenvalue weighted by Crippen LogP contribution is -2.51. The summed E-state index contributed by atoms with van der Waals surface area (Å²) in [6, 6.07) is 5.88. The monoisotopic (exact) mass is 404 g/mol. The predicted octanol–water partition coefficient (Wildman–Crippen LogP) is 2.32. The van der Waals surface area contributed by atoms with Gasteiger partial charge in [0.2, 0.25) is 10.0 Å². The summed E-state index contributed by atoms with van der Waals surface area (Å²) in [6.45, 7) is 5.06. The summed E-state index contributed by atoms with van der Waals surface area (Å²) in [5, 5.41) is 0. The summed E-state index contributed by atoms with van der Waals surface area (Å²) in [5.74, 6) is -0.00504. The van der Waals surface area contributed by atoms with Crippen molar-refractivity contribution in [1.29, 1.82) is 0 Å². The van der Waals surface area contributed by atoms with Gasteiger partial charge in [0.25, 0.3) is 5.91 Å². The zero-order valence-corrected chi connectivity index (χ0v) is 17.2. The maximum atomic E-state index is 13.1. The smallest absolute Gasteiger partial charge is 0.256 e. The van der Waals surface area contributed by atoms with Gasteiger partial charge in [0.15, 0.2) is 0 Å². The number of imidazole rings is 1. The van der Waals surface area contributed by atoms with Crippen molar-refractivity contribution in [2.75, 3.05) is 31.9 Å². The molecule has 0 atom stereocenters. The molecule has 1 aromatic heterocycles. The Kier molecular flexibility index (Phi) is 5.42. The van der Waals surface area contributed by atoms with Crippen LogP contribution >= 0.6 is 0 Å².